The maximum Gasteiger partial charge on any atom is 0.134 e. The van der Waals surface area contributed by atoms with Crippen LogP contribution in [0.2, 0.25) is 0 Å². The standard InChI is InChI=1S/C23H23N3O2/c1-14-13-28-22-10-7-18(11-20(14)22)21-12-23(26-16(3)25-21)24-15(2)17-5-8-19(27-4)9-6-17/h5-13,15H,1-4H3,(H,24,25,26). The number of benzene rings is 2. The summed E-state index contributed by atoms with van der Waals surface area (Å²) >= 11 is 0. The fraction of sp³-hybridized carbons (Fsp3) is 0.217. The first-order valence-electron chi connectivity index (χ1n) is 9.28. The summed E-state index contributed by atoms with van der Waals surface area (Å²) in [6.45, 7) is 6.07. The molecule has 142 valence electrons. The minimum absolute atomic E-state index is 0.103. The zero-order valence-electron chi connectivity index (χ0n) is 16.5. The van der Waals surface area contributed by atoms with Crippen LogP contribution < -0.4 is 10.1 Å². The van der Waals surface area contributed by atoms with Gasteiger partial charge in [-0.3, -0.25) is 0 Å². The molecule has 4 rings (SSSR count). The molecule has 2 aromatic carbocycles. The van der Waals surface area contributed by atoms with E-state index >= 15 is 0 Å². The average Bonchev–Trinajstić information content (AvgIpc) is 3.08. The zero-order valence-corrected chi connectivity index (χ0v) is 16.5. The van der Waals surface area contributed by atoms with Crippen LogP contribution in [0.15, 0.2) is 59.2 Å². The number of furan rings is 1. The molecule has 0 aliphatic carbocycles. The lowest BCUT2D eigenvalue weighted by Crippen LogP contribution is -2.09. The average molecular weight is 373 g/mol. The van der Waals surface area contributed by atoms with E-state index < -0.39 is 0 Å². The molecule has 0 bridgehead atoms. The molecular weight excluding hydrogens is 350 g/mol. The first kappa shape index (κ1) is 18.0. The molecule has 0 saturated carbocycles. The van der Waals surface area contributed by atoms with Gasteiger partial charge in [-0.05, 0) is 62.2 Å². The van der Waals surface area contributed by atoms with Gasteiger partial charge < -0.3 is 14.5 Å². The molecule has 5 heteroatoms. The van der Waals surface area contributed by atoms with Crippen molar-refractivity contribution in [1.82, 2.24) is 9.97 Å². The Morgan fingerprint density at radius 3 is 2.54 bits per heavy atom. The molecule has 0 fully saturated rings. The second kappa shape index (κ2) is 7.35. The second-order valence-electron chi connectivity index (χ2n) is 6.95. The van der Waals surface area contributed by atoms with E-state index in [4.69, 9.17) is 9.15 Å². The molecule has 1 N–H and O–H groups in total. The summed E-state index contributed by atoms with van der Waals surface area (Å²) in [5, 5.41) is 4.59. The van der Waals surface area contributed by atoms with Crippen molar-refractivity contribution in [2.24, 2.45) is 0 Å². The number of nitrogens with one attached hydrogen (secondary N) is 1. The Morgan fingerprint density at radius 1 is 1.00 bits per heavy atom. The third kappa shape index (κ3) is 3.56. The van der Waals surface area contributed by atoms with Crippen LogP contribution in [0.4, 0.5) is 5.82 Å². The van der Waals surface area contributed by atoms with Crippen LogP contribution in [0.5, 0.6) is 5.75 Å². The minimum atomic E-state index is 0.103. The van der Waals surface area contributed by atoms with Crippen LogP contribution >= 0.6 is 0 Å². The van der Waals surface area contributed by atoms with Gasteiger partial charge in [-0.2, -0.15) is 0 Å². The Bertz CT molecular complexity index is 1120. The molecule has 2 heterocycles. The number of nitrogens with zero attached hydrogens (tertiary/aromatic N) is 2. The Labute approximate surface area is 164 Å². The van der Waals surface area contributed by atoms with Gasteiger partial charge in [-0.25, -0.2) is 9.97 Å². The van der Waals surface area contributed by atoms with Crippen molar-refractivity contribution < 1.29 is 9.15 Å². The number of hydrogen-bond donors (Lipinski definition) is 1. The highest BCUT2D eigenvalue weighted by molar-refractivity contribution is 5.85. The Balaban J connectivity index is 1.63. The van der Waals surface area contributed by atoms with Crippen molar-refractivity contribution >= 4 is 16.8 Å². The molecule has 1 unspecified atom stereocenters. The highest BCUT2D eigenvalue weighted by Crippen LogP contribution is 2.28. The molecule has 2 aromatic heterocycles. The summed E-state index contributed by atoms with van der Waals surface area (Å²) in [5.74, 6) is 2.38. The van der Waals surface area contributed by atoms with Crippen molar-refractivity contribution in [2.45, 2.75) is 26.8 Å². The Hall–Kier alpha value is -3.34. The summed E-state index contributed by atoms with van der Waals surface area (Å²) < 4.78 is 10.8. The molecule has 0 radical (unpaired) electrons. The number of hydrogen-bond acceptors (Lipinski definition) is 5. The zero-order chi connectivity index (χ0) is 19.7. The van der Waals surface area contributed by atoms with Crippen molar-refractivity contribution in [2.75, 3.05) is 12.4 Å². The van der Waals surface area contributed by atoms with Gasteiger partial charge in [0, 0.05) is 23.1 Å². The summed E-state index contributed by atoms with van der Waals surface area (Å²) in [6, 6.07) is 16.3. The normalized spacial score (nSPS) is 12.1. The Kier molecular flexibility index (Phi) is 4.74. The third-order valence-corrected chi connectivity index (χ3v) is 4.88. The number of methoxy groups -OCH3 is 1. The van der Waals surface area contributed by atoms with E-state index in [1.807, 2.05) is 44.2 Å². The molecule has 5 nitrogen and oxygen atoms in total. The van der Waals surface area contributed by atoms with Gasteiger partial charge in [-0.15, -0.1) is 0 Å². The van der Waals surface area contributed by atoms with Crippen molar-refractivity contribution in [3.05, 3.63) is 71.7 Å². The van der Waals surface area contributed by atoms with Crippen LogP contribution in [-0.2, 0) is 0 Å². The van der Waals surface area contributed by atoms with Crippen LogP contribution in [0.1, 0.15) is 29.9 Å². The predicted octanol–water partition coefficient (Wildman–Crippen LogP) is 5.69. The number of anilines is 1. The quantitative estimate of drug-likeness (QED) is 0.487. The molecule has 0 amide bonds. The minimum Gasteiger partial charge on any atom is -0.497 e. The van der Waals surface area contributed by atoms with Crippen LogP contribution in [0.3, 0.4) is 0 Å². The van der Waals surface area contributed by atoms with E-state index in [2.05, 4.69) is 40.4 Å². The topological polar surface area (TPSA) is 60.2 Å². The first-order valence-corrected chi connectivity index (χ1v) is 9.28. The molecule has 0 aliphatic heterocycles. The number of aryl methyl sites for hydroxylation is 2. The fourth-order valence-corrected chi connectivity index (χ4v) is 3.30. The second-order valence-corrected chi connectivity index (χ2v) is 6.95. The van der Waals surface area contributed by atoms with Crippen molar-refractivity contribution in [1.29, 1.82) is 0 Å². The van der Waals surface area contributed by atoms with Crippen LogP contribution in [-0.4, -0.2) is 17.1 Å². The van der Waals surface area contributed by atoms with Crippen molar-refractivity contribution in [3.8, 4) is 17.0 Å². The first-order chi connectivity index (χ1) is 13.5. The summed E-state index contributed by atoms with van der Waals surface area (Å²) in [5.41, 5.74) is 5.10. The maximum atomic E-state index is 5.55. The SMILES string of the molecule is COc1ccc(C(C)Nc2cc(-c3ccc4occ(C)c4c3)nc(C)n2)cc1. The highest BCUT2D eigenvalue weighted by Gasteiger charge is 2.11. The van der Waals surface area contributed by atoms with E-state index in [0.29, 0.717) is 0 Å². The molecule has 1 atom stereocenters. The lowest BCUT2D eigenvalue weighted by Gasteiger charge is -2.16. The van der Waals surface area contributed by atoms with E-state index in [1.54, 1.807) is 13.4 Å². The molecule has 28 heavy (non-hydrogen) atoms. The van der Waals surface area contributed by atoms with Crippen molar-refractivity contribution in [3.63, 3.8) is 0 Å². The van der Waals surface area contributed by atoms with Gasteiger partial charge >= 0.3 is 0 Å². The largest absolute Gasteiger partial charge is 0.497 e. The van der Waals surface area contributed by atoms with E-state index in [1.165, 1.54) is 0 Å². The fourth-order valence-electron chi connectivity index (χ4n) is 3.30. The lowest BCUT2D eigenvalue weighted by atomic mass is 10.1. The predicted molar refractivity (Wildman–Crippen MR) is 112 cm³/mol. The number of ether oxygens (including phenoxy) is 1. The van der Waals surface area contributed by atoms with E-state index in [0.717, 1.165) is 50.7 Å². The molecule has 0 spiro atoms. The van der Waals surface area contributed by atoms with Gasteiger partial charge in [-0.1, -0.05) is 12.1 Å². The number of rotatable bonds is 5. The summed E-state index contributed by atoms with van der Waals surface area (Å²) in [7, 11) is 1.67. The van der Waals surface area contributed by atoms with Gasteiger partial charge in [0.05, 0.1) is 19.1 Å². The van der Waals surface area contributed by atoms with E-state index in [-0.39, 0.29) is 6.04 Å². The maximum absolute atomic E-state index is 5.55. The number of fused-ring (bicyclic) bond motifs is 1. The number of aromatic nitrogens is 2. The monoisotopic (exact) mass is 373 g/mol. The molecular formula is C23H23N3O2. The van der Waals surface area contributed by atoms with E-state index in [9.17, 15) is 0 Å². The smallest absolute Gasteiger partial charge is 0.134 e. The summed E-state index contributed by atoms with van der Waals surface area (Å²) in [4.78, 5) is 9.19. The van der Waals surface area contributed by atoms with Crippen LogP contribution in [0, 0.1) is 13.8 Å². The lowest BCUT2D eigenvalue weighted by molar-refractivity contribution is 0.414. The third-order valence-electron chi connectivity index (χ3n) is 4.88. The van der Waals surface area contributed by atoms with Gasteiger partial charge in [0.15, 0.2) is 0 Å². The molecule has 0 aliphatic rings. The molecule has 0 saturated heterocycles. The Morgan fingerprint density at radius 2 is 1.79 bits per heavy atom. The van der Waals surface area contributed by atoms with Crippen LogP contribution in [0.25, 0.3) is 22.2 Å². The van der Waals surface area contributed by atoms with Gasteiger partial charge in [0.1, 0.15) is 23.0 Å². The summed E-state index contributed by atoms with van der Waals surface area (Å²) in [6.07, 6.45) is 1.78. The highest BCUT2D eigenvalue weighted by atomic mass is 16.5. The van der Waals surface area contributed by atoms with Gasteiger partial charge in [0.2, 0.25) is 0 Å². The van der Waals surface area contributed by atoms with Gasteiger partial charge in [0.25, 0.3) is 0 Å². The molecule has 4 aromatic rings.